The fourth-order valence-electron chi connectivity index (χ4n) is 3.25. The van der Waals surface area contributed by atoms with Crippen LogP contribution in [-0.4, -0.2) is 29.8 Å². The van der Waals surface area contributed by atoms with Crippen molar-refractivity contribution in [2.75, 3.05) is 13.1 Å². The fraction of sp³-hybridized carbons (Fsp3) is 0.556. The highest BCUT2D eigenvalue weighted by Gasteiger charge is 2.35. The Hall–Kier alpha value is -2.05. The third kappa shape index (κ3) is 4.32. The third-order valence-electron chi connectivity index (χ3n) is 5.00. The minimum absolute atomic E-state index is 0.0924. The Morgan fingerprint density at radius 3 is 2.68 bits per heavy atom. The van der Waals surface area contributed by atoms with Gasteiger partial charge in [-0.25, -0.2) is 0 Å². The number of carbonyl (C=O) groups excluding carboxylic acids is 2. The predicted molar refractivity (Wildman–Crippen MR) is 85.3 cm³/mol. The van der Waals surface area contributed by atoms with E-state index in [2.05, 4.69) is 5.32 Å². The average molecular weight is 354 g/mol. The first-order valence-corrected chi connectivity index (χ1v) is 8.54. The number of likely N-dealkylation sites (tertiary alicyclic amines) is 1. The number of hydrogen-bond donors (Lipinski definition) is 1. The lowest BCUT2D eigenvalue weighted by Crippen LogP contribution is -2.37. The molecule has 2 aliphatic rings. The zero-order valence-corrected chi connectivity index (χ0v) is 13.8. The topological polar surface area (TPSA) is 49.4 Å². The van der Waals surface area contributed by atoms with Crippen LogP contribution in [0.4, 0.5) is 13.2 Å². The highest BCUT2D eigenvalue weighted by atomic mass is 19.4. The molecule has 1 saturated carbocycles. The van der Waals surface area contributed by atoms with Crippen molar-refractivity contribution in [2.24, 2.45) is 11.8 Å². The van der Waals surface area contributed by atoms with E-state index in [1.54, 1.807) is 6.07 Å². The molecule has 2 fully saturated rings. The zero-order valence-electron chi connectivity index (χ0n) is 13.8. The van der Waals surface area contributed by atoms with Crippen molar-refractivity contribution in [2.45, 2.75) is 38.4 Å². The van der Waals surface area contributed by atoms with Crippen molar-refractivity contribution >= 4 is 11.8 Å². The molecule has 1 N–H and O–H groups in total. The molecular formula is C18H21F3N2O2. The van der Waals surface area contributed by atoms with Crippen LogP contribution in [0.2, 0.25) is 0 Å². The summed E-state index contributed by atoms with van der Waals surface area (Å²) in [4.78, 5) is 25.7. The molecule has 0 spiro atoms. The van der Waals surface area contributed by atoms with Crippen molar-refractivity contribution in [3.63, 3.8) is 0 Å². The highest BCUT2D eigenvalue weighted by molar-refractivity contribution is 5.89. The van der Waals surface area contributed by atoms with Crippen LogP contribution in [0, 0.1) is 11.8 Å². The summed E-state index contributed by atoms with van der Waals surface area (Å²) in [6.45, 7) is 0.998. The van der Waals surface area contributed by atoms with E-state index in [4.69, 9.17) is 0 Å². The average Bonchev–Trinajstić information content (AvgIpc) is 2.86. The number of halogens is 3. The molecule has 0 radical (unpaired) electrons. The molecular weight excluding hydrogens is 333 g/mol. The van der Waals surface area contributed by atoms with Gasteiger partial charge in [0.25, 0.3) is 0 Å². The summed E-state index contributed by atoms with van der Waals surface area (Å²) in [5, 5.41) is 2.89. The predicted octanol–water partition coefficient (Wildman–Crippen LogP) is 2.97. The van der Waals surface area contributed by atoms with E-state index in [1.165, 1.54) is 17.4 Å². The van der Waals surface area contributed by atoms with E-state index in [9.17, 15) is 22.8 Å². The minimum atomic E-state index is -4.41. The van der Waals surface area contributed by atoms with E-state index in [0.29, 0.717) is 18.0 Å². The molecule has 4 nitrogen and oxygen atoms in total. The minimum Gasteiger partial charge on any atom is -0.356 e. The van der Waals surface area contributed by atoms with E-state index in [-0.39, 0.29) is 31.3 Å². The van der Waals surface area contributed by atoms with Crippen LogP contribution in [0.15, 0.2) is 24.3 Å². The van der Waals surface area contributed by atoms with E-state index < -0.39 is 17.7 Å². The first-order valence-electron chi connectivity index (χ1n) is 8.54. The van der Waals surface area contributed by atoms with Crippen molar-refractivity contribution in [3.05, 3.63) is 35.4 Å². The van der Waals surface area contributed by atoms with E-state index >= 15 is 0 Å². The fourth-order valence-corrected chi connectivity index (χ4v) is 3.25. The second-order valence-corrected chi connectivity index (χ2v) is 6.92. The number of alkyl halides is 3. The maximum absolute atomic E-state index is 12.8. The van der Waals surface area contributed by atoms with Crippen LogP contribution in [0.25, 0.3) is 0 Å². The molecule has 136 valence electrons. The Bertz CT molecular complexity index is 656. The van der Waals surface area contributed by atoms with Crippen molar-refractivity contribution < 1.29 is 22.8 Å². The van der Waals surface area contributed by atoms with Crippen LogP contribution >= 0.6 is 0 Å². The van der Waals surface area contributed by atoms with Gasteiger partial charge in [0.05, 0.1) is 11.5 Å². The molecule has 1 aliphatic carbocycles. The van der Waals surface area contributed by atoms with Crippen molar-refractivity contribution in [1.29, 1.82) is 0 Å². The Morgan fingerprint density at radius 1 is 1.28 bits per heavy atom. The summed E-state index contributed by atoms with van der Waals surface area (Å²) >= 11 is 0. The second kappa shape index (κ2) is 7.06. The highest BCUT2D eigenvalue weighted by Crippen LogP contribution is 2.30. The van der Waals surface area contributed by atoms with Gasteiger partial charge >= 0.3 is 6.18 Å². The molecule has 0 bridgehead atoms. The quantitative estimate of drug-likeness (QED) is 0.884. The molecule has 25 heavy (non-hydrogen) atoms. The van der Waals surface area contributed by atoms with Gasteiger partial charge in [-0.05, 0) is 36.5 Å². The van der Waals surface area contributed by atoms with Gasteiger partial charge in [0.15, 0.2) is 0 Å². The number of hydrogen-bond acceptors (Lipinski definition) is 2. The van der Waals surface area contributed by atoms with Gasteiger partial charge in [-0.2, -0.15) is 13.2 Å². The van der Waals surface area contributed by atoms with Crippen LogP contribution in [0.3, 0.4) is 0 Å². The zero-order chi connectivity index (χ0) is 18.0. The summed E-state index contributed by atoms with van der Waals surface area (Å²) < 4.78 is 38.3. The largest absolute Gasteiger partial charge is 0.416 e. The number of benzene rings is 1. The number of nitrogens with one attached hydrogen (secondary N) is 1. The molecule has 1 saturated heterocycles. The molecule has 1 aliphatic heterocycles. The van der Waals surface area contributed by atoms with Gasteiger partial charge < -0.3 is 10.2 Å². The van der Waals surface area contributed by atoms with Gasteiger partial charge in [-0.15, -0.1) is 0 Å². The summed E-state index contributed by atoms with van der Waals surface area (Å²) in [7, 11) is 0. The van der Waals surface area contributed by atoms with Crippen LogP contribution in [0.1, 0.15) is 36.8 Å². The molecule has 7 heteroatoms. The van der Waals surface area contributed by atoms with Gasteiger partial charge in [0.2, 0.25) is 11.8 Å². The first kappa shape index (κ1) is 17.8. The Labute approximate surface area is 144 Å². The normalized spacial score (nSPS) is 21.3. The lowest BCUT2D eigenvalue weighted by atomic mass is 9.85. The Balaban J connectivity index is 1.56. The molecule has 1 heterocycles. The van der Waals surface area contributed by atoms with Gasteiger partial charge in [-0.3, -0.25) is 9.59 Å². The number of carbonyl (C=O) groups is 2. The summed E-state index contributed by atoms with van der Waals surface area (Å²) in [6.07, 6.45) is -0.825. The molecule has 0 aromatic heterocycles. The number of nitrogens with zero attached hydrogens (tertiary/aromatic N) is 1. The van der Waals surface area contributed by atoms with E-state index in [1.807, 2.05) is 0 Å². The van der Waals surface area contributed by atoms with Crippen LogP contribution in [0.5, 0.6) is 0 Å². The SMILES string of the molecule is O=C(NCC1CCC1)C1CC(=O)N(Cc2cccc(C(F)(F)F)c2)C1. The Kier molecular flexibility index (Phi) is 5.01. The van der Waals surface area contributed by atoms with Crippen LogP contribution < -0.4 is 5.32 Å². The second-order valence-electron chi connectivity index (χ2n) is 6.92. The van der Waals surface area contributed by atoms with Gasteiger partial charge in [0.1, 0.15) is 0 Å². The third-order valence-corrected chi connectivity index (χ3v) is 5.00. The smallest absolute Gasteiger partial charge is 0.356 e. The number of rotatable bonds is 5. The van der Waals surface area contributed by atoms with E-state index in [0.717, 1.165) is 25.0 Å². The van der Waals surface area contributed by atoms with Crippen molar-refractivity contribution in [1.82, 2.24) is 10.2 Å². The lowest BCUT2D eigenvalue weighted by Gasteiger charge is -2.26. The maximum Gasteiger partial charge on any atom is 0.416 e. The number of amides is 2. The molecule has 1 atom stereocenters. The first-order chi connectivity index (χ1) is 11.8. The molecule has 3 rings (SSSR count). The Morgan fingerprint density at radius 2 is 2.04 bits per heavy atom. The standard InChI is InChI=1S/C18H21F3N2O2/c19-18(20,21)15-6-2-5-13(7-15)10-23-11-14(8-16(23)24)17(25)22-9-12-3-1-4-12/h2,5-7,12,14H,1,3-4,8-11H2,(H,22,25). The molecule has 1 unspecified atom stereocenters. The van der Waals surface area contributed by atoms with Crippen molar-refractivity contribution in [3.8, 4) is 0 Å². The monoisotopic (exact) mass is 354 g/mol. The molecule has 1 aromatic carbocycles. The maximum atomic E-state index is 12.8. The van der Waals surface area contributed by atoms with Gasteiger partial charge in [-0.1, -0.05) is 18.6 Å². The van der Waals surface area contributed by atoms with Crippen LogP contribution in [-0.2, 0) is 22.3 Å². The molecule has 1 aromatic rings. The van der Waals surface area contributed by atoms with Gasteiger partial charge in [0, 0.05) is 26.1 Å². The summed E-state index contributed by atoms with van der Waals surface area (Å²) in [6, 6.07) is 4.96. The molecule has 2 amide bonds. The summed E-state index contributed by atoms with van der Waals surface area (Å²) in [5.41, 5.74) is -0.315. The lowest BCUT2D eigenvalue weighted by molar-refractivity contribution is -0.137. The summed E-state index contributed by atoms with van der Waals surface area (Å²) in [5.74, 6) is -0.200.